The molecule has 0 aliphatic carbocycles. The summed E-state index contributed by atoms with van der Waals surface area (Å²) in [6.07, 6.45) is -4.77. The lowest BCUT2D eigenvalue weighted by Crippen LogP contribution is -2.24. The van der Waals surface area contributed by atoms with Crippen molar-refractivity contribution < 1.29 is 13.2 Å². The molecule has 1 unspecified atom stereocenters. The van der Waals surface area contributed by atoms with E-state index < -0.39 is 11.7 Å². The molecule has 0 saturated carbocycles. The first kappa shape index (κ1) is 27.9. The molecule has 0 aromatic heterocycles. The first-order chi connectivity index (χ1) is 23.0. The molecule has 0 bridgehead atoms. The first-order valence-corrected chi connectivity index (χ1v) is 16.2. The third kappa shape index (κ3) is 4.45. The van der Waals surface area contributed by atoms with Gasteiger partial charge in [0, 0.05) is 31.9 Å². The summed E-state index contributed by atoms with van der Waals surface area (Å²) in [6, 6.07) is 47.3. The highest BCUT2D eigenvalue weighted by Crippen LogP contribution is 2.54. The van der Waals surface area contributed by atoms with Crippen molar-refractivity contribution in [3.63, 3.8) is 0 Å². The second kappa shape index (κ2) is 10.6. The average Bonchev–Trinajstić information content (AvgIpc) is 3.52. The second-order valence-corrected chi connectivity index (χ2v) is 12.8. The number of benzene rings is 7. The molecule has 9 rings (SSSR count). The number of fused-ring (bicyclic) bond motifs is 8. The molecule has 0 amide bonds. The lowest BCUT2D eigenvalue weighted by molar-refractivity contribution is -0.137. The van der Waals surface area contributed by atoms with Crippen molar-refractivity contribution in [2.45, 2.75) is 22.1 Å². The van der Waals surface area contributed by atoms with Crippen LogP contribution in [0.1, 0.15) is 17.3 Å². The Bertz CT molecular complexity index is 2270. The number of nitrogens with one attached hydrogen (secondary N) is 1. The van der Waals surface area contributed by atoms with Crippen molar-refractivity contribution in [3.05, 3.63) is 157 Å². The summed E-state index contributed by atoms with van der Waals surface area (Å²) in [5.41, 5.74) is 6.19. The molecule has 7 aromatic carbocycles. The van der Waals surface area contributed by atoms with Crippen LogP contribution >= 0.6 is 11.8 Å². The summed E-state index contributed by atoms with van der Waals surface area (Å²) in [6.45, 7) is 0. The minimum Gasteiger partial charge on any atom is -0.359 e. The van der Waals surface area contributed by atoms with Gasteiger partial charge in [-0.05, 0) is 77.0 Å². The van der Waals surface area contributed by atoms with E-state index in [1.54, 1.807) is 23.9 Å². The Morgan fingerprint density at radius 1 is 0.532 bits per heavy atom. The molecule has 7 aromatic rings. The molecule has 2 aliphatic rings. The maximum Gasteiger partial charge on any atom is 0.416 e. The van der Waals surface area contributed by atoms with E-state index in [4.69, 9.17) is 0 Å². The number of anilines is 6. The van der Waals surface area contributed by atoms with Crippen LogP contribution in [0.3, 0.4) is 0 Å². The SMILES string of the molecule is FC(F)(F)c1ccc(N2c3c(c4ccccc4c4ccccc34)NC2c2ccc(N3c4ccccc4Sc4ccccc43)cc2)cc1. The van der Waals surface area contributed by atoms with Crippen LogP contribution in [0.5, 0.6) is 0 Å². The van der Waals surface area contributed by atoms with Gasteiger partial charge in [0.1, 0.15) is 6.17 Å². The van der Waals surface area contributed by atoms with E-state index in [-0.39, 0.29) is 6.17 Å². The number of hydrogen-bond acceptors (Lipinski definition) is 4. The molecule has 47 heavy (non-hydrogen) atoms. The molecule has 0 saturated heterocycles. The second-order valence-electron chi connectivity index (χ2n) is 11.7. The highest BCUT2D eigenvalue weighted by atomic mass is 32.2. The van der Waals surface area contributed by atoms with Gasteiger partial charge in [-0.3, -0.25) is 0 Å². The van der Waals surface area contributed by atoms with Crippen molar-refractivity contribution in [2.75, 3.05) is 15.1 Å². The quantitative estimate of drug-likeness (QED) is 0.194. The summed E-state index contributed by atoms with van der Waals surface area (Å²) >= 11 is 1.77. The summed E-state index contributed by atoms with van der Waals surface area (Å²) < 4.78 is 40.8. The number of hydrogen-bond donors (Lipinski definition) is 1. The largest absolute Gasteiger partial charge is 0.416 e. The van der Waals surface area contributed by atoms with Crippen LogP contribution < -0.4 is 15.1 Å². The summed E-state index contributed by atoms with van der Waals surface area (Å²) in [5, 5.41) is 8.11. The predicted octanol–water partition coefficient (Wildman–Crippen LogP) is 12.2. The van der Waals surface area contributed by atoms with Crippen molar-refractivity contribution in [3.8, 4) is 0 Å². The molecule has 1 N–H and O–H groups in total. The number of halogens is 3. The van der Waals surface area contributed by atoms with Crippen LogP contribution in [0.25, 0.3) is 21.5 Å². The molecule has 2 aliphatic heterocycles. The zero-order chi connectivity index (χ0) is 31.7. The normalized spacial score (nSPS) is 15.3. The number of nitrogens with zero attached hydrogens (tertiary/aromatic N) is 2. The standard InChI is InChI=1S/C40H26F3N3S/c41-40(42,43)26-19-23-28(24-20-26)46-38-32-12-4-2-10-30(32)29-9-1-3-11-31(29)37(38)44-39(46)25-17-21-27(22-18-25)45-33-13-5-7-15-35(33)47-36-16-8-6-14-34(36)45/h1-24,39,44H. The lowest BCUT2D eigenvalue weighted by Gasteiger charge is -2.33. The zero-order valence-electron chi connectivity index (χ0n) is 24.9. The Morgan fingerprint density at radius 2 is 1.04 bits per heavy atom. The molecule has 0 radical (unpaired) electrons. The van der Waals surface area contributed by atoms with E-state index in [0.717, 1.165) is 55.5 Å². The van der Waals surface area contributed by atoms with Crippen molar-refractivity contribution in [1.29, 1.82) is 0 Å². The van der Waals surface area contributed by atoms with Gasteiger partial charge >= 0.3 is 6.18 Å². The molecule has 2 heterocycles. The minimum atomic E-state index is -4.41. The molecular formula is C40H26F3N3S. The van der Waals surface area contributed by atoms with Crippen molar-refractivity contribution in [1.82, 2.24) is 0 Å². The zero-order valence-corrected chi connectivity index (χ0v) is 25.7. The van der Waals surface area contributed by atoms with Gasteiger partial charge in [0.25, 0.3) is 0 Å². The summed E-state index contributed by atoms with van der Waals surface area (Å²) in [7, 11) is 0. The van der Waals surface area contributed by atoms with Gasteiger partial charge in [-0.1, -0.05) is 96.7 Å². The van der Waals surface area contributed by atoms with Crippen LogP contribution in [0.15, 0.2) is 155 Å². The van der Waals surface area contributed by atoms with E-state index in [1.165, 1.54) is 21.9 Å². The third-order valence-corrected chi connectivity index (χ3v) is 10.2. The van der Waals surface area contributed by atoms with E-state index in [9.17, 15) is 13.2 Å². The summed E-state index contributed by atoms with van der Waals surface area (Å²) in [4.78, 5) is 6.81. The Labute approximate surface area is 273 Å². The fraction of sp³-hybridized carbons (Fsp3) is 0.0500. The number of para-hydroxylation sites is 2. The van der Waals surface area contributed by atoms with Gasteiger partial charge in [-0.15, -0.1) is 0 Å². The average molecular weight is 638 g/mol. The highest BCUT2D eigenvalue weighted by molar-refractivity contribution is 7.99. The summed E-state index contributed by atoms with van der Waals surface area (Å²) in [5.74, 6) is 0. The molecule has 0 spiro atoms. The monoisotopic (exact) mass is 637 g/mol. The number of alkyl halides is 3. The predicted molar refractivity (Wildman–Crippen MR) is 187 cm³/mol. The van der Waals surface area contributed by atoms with Gasteiger partial charge in [0.2, 0.25) is 0 Å². The highest BCUT2D eigenvalue weighted by Gasteiger charge is 2.36. The molecular weight excluding hydrogens is 612 g/mol. The maximum absolute atomic E-state index is 13.6. The van der Waals surface area contributed by atoms with Gasteiger partial charge in [0.05, 0.1) is 28.3 Å². The van der Waals surface area contributed by atoms with Crippen molar-refractivity contribution >= 4 is 67.4 Å². The van der Waals surface area contributed by atoms with Gasteiger partial charge in [-0.2, -0.15) is 13.2 Å². The van der Waals surface area contributed by atoms with Crippen LogP contribution in [-0.2, 0) is 6.18 Å². The Kier molecular flexibility index (Phi) is 6.27. The molecule has 7 heteroatoms. The van der Waals surface area contributed by atoms with Crippen LogP contribution in [0, 0.1) is 0 Å². The maximum atomic E-state index is 13.6. The van der Waals surface area contributed by atoms with Crippen LogP contribution in [0.2, 0.25) is 0 Å². The number of rotatable bonds is 3. The van der Waals surface area contributed by atoms with Gasteiger partial charge in [0.15, 0.2) is 0 Å². The van der Waals surface area contributed by atoms with Gasteiger partial charge in [-0.25, -0.2) is 0 Å². The van der Waals surface area contributed by atoms with E-state index >= 15 is 0 Å². The first-order valence-electron chi connectivity index (χ1n) is 15.4. The molecule has 1 atom stereocenters. The fourth-order valence-electron chi connectivity index (χ4n) is 6.96. The Hall–Kier alpha value is -5.40. The van der Waals surface area contributed by atoms with Crippen molar-refractivity contribution in [2.24, 2.45) is 0 Å². The smallest absolute Gasteiger partial charge is 0.359 e. The lowest BCUT2D eigenvalue weighted by atomic mass is 9.98. The van der Waals surface area contributed by atoms with Crippen LogP contribution in [0.4, 0.5) is 47.3 Å². The Balaban J connectivity index is 1.20. The Morgan fingerprint density at radius 3 is 1.66 bits per heavy atom. The fourth-order valence-corrected chi connectivity index (χ4v) is 8.02. The molecule has 0 fully saturated rings. The molecule has 228 valence electrons. The minimum absolute atomic E-state index is 0.360. The topological polar surface area (TPSA) is 18.5 Å². The van der Waals surface area contributed by atoms with E-state index in [0.29, 0.717) is 5.69 Å². The van der Waals surface area contributed by atoms with E-state index in [2.05, 4.69) is 112 Å². The van der Waals surface area contributed by atoms with Gasteiger partial charge < -0.3 is 15.1 Å². The van der Waals surface area contributed by atoms with Crippen LogP contribution in [-0.4, -0.2) is 0 Å². The third-order valence-electron chi connectivity index (χ3n) is 9.06. The van der Waals surface area contributed by atoms with E-state index in [1.807, 2.05) is 24.3 Å². The molecule has 3 nitrogen and oxygen atoms in total.